The molecule has 4 aromatic carbocycles. The molecule has 1 heterocycles. The van der Waals surface area contributed by atoms with Gasteiger partial charge in [-0.25, -0.2) is 0 Å². The van der Waals surface area contributed by atoms with Gasteiger partial charge in [0, 0.05) is 55.0 Å². The van der Waals surface area contributed by atoms with Gasteiger partial charge in [0.05, 0.1) is 0 Å². The summed E-state index contributed by atoms with van der Waals surface area (Å²) in [6.07, 6.45) is 5.13. The van der Waals surface area contributed by atoms with Gasteiger partial charge in [0.1, 0.15) is 23.7 Å². The minimum absolute atomic E-state index is 0.0348. The number of hydrogen-bond acceptors (Lipinski definition) is 7. The Balaban J connectivity index is 1.26. The molecule has 0 unspecified atom stereocenters. The van der Waals surface area contributed by atoms with Gasteiger partial charge in [-0.2, -0.15) is 0 Å². The van der Waals surface area contributed by atoms with Gasteiger partial charge in [0.15, 0.2) is 5.96 Å². The van der Waals surface area contributed by atoms with Gasteiger partial charge in [-0.05, 0) is 91.3 Å². The van der Waals surface area contributed by atoms with Crippen LogP contribution in [0.4, 0.5) is 0 Å². The van der Waals surface area contributed by atoms with Crippen LogP contribution in [-0.4, -0.2) is 76.6 Å². The van der Waals surface area contributed by atoms with Crippen LogP contribution in [0.2, 0.25) is 0 Å². The molecule has 1 aliphatic rings. The fourth-order valence-corrected chi connectivity index (χ4v) is 8.68. The summed E-state index contributed by atoms with van der Waals surface area (Å²) in [5.41, 5.74) is 19.9. The number of nitrogens with zero attached hydrogens (tertiary/aromatic N) is 1. The van der Waals surface area contributed by atoms with E-state index in [0.717, 1.165) is 27.6 Å². The van der Waals surface area contributed by atoms with E-state index < -0.39 is 53.2 Å². The number of fused-ring (bicyclic) bond motifs is 1. The Morgan fingerprint density at radius 1 is 0.731 bits per heavy atom. The Bertz CT molecular complexity index is 2510. The highest BCUT2D eigenvalue weighted by Crippen LogP contribution is 2.38. The van der Waals surface area contributed by atoms with Gasteiger partial charge in [-0.1, -0.05) is 97.9 Å². The molecule has 6 rings (SSSR count). The molecular formula is C51H62N10O6. The predicted molar refractivity (Wildman–Crippen MR) is 258 cm³/mol. The maximum Gasteiger partial charge on any atom is 0.248 e. The van der Waals surface area contributed by atoms with Crippen LogP contribution in [0.15, 0.2) is 120 Å². The van der Waals surface area contributed by atoms with Crippen LogP contribution in [0.5, 0.6) is 0 Å². The topological polar surface area (TPSA) is 269 Å². The van der Waals surface area contributed by atoms with Crippen molar-refractivity contribution in [2.24, 2.45) is 22.2 Å². The number of aromatic nitrogens is 1. The molecule has 352 valence electrons. The second-order valence-electron chi connectivity index (χ2n) is 17.2. The minimum atomic E-state index is -1.27. The number of aliphatic imine (C=N–C) groups is 1. The lowest BCUT2D eigenvalue weighted by Gasteiger charge is -2.40. The molecule has 1 saturated carbocycles. The van der Waals surface area contributed by atoms with Crippen molar-refractivity contribution in [2.45, 2.75) is 107 Å². The molecule has 0 radical (unpaired) electrons. The van der Waals surface area contributed by atoms with Crippen LogP contribution in [-0.2, 0) is 43.4 Å². The number of aromatic amines is 1. The van der Waals surface area contributed by atoms with Crippen LogP contribution in [0.1, 0.15) is 96.8 Å². The average molecular weight is 911 g/mol. The number of para-hydroxylation sites is 1. The van der Waals surface area contributed by atoms with Gasteiger partial charge in [0.2, 0.25) is 35.4 Å². The number of H-pyrrole nitrogens is 1. The standard InChI is InChI=1S/C51H62N10O6/c1-2-13-44(62)61-51(25-23-36(24-26-51)35-17-7-4-8-18-35)49(67)60-42(29-33-14-5-3-6-15-33)48(66)58-41(22-12-27-55-50(53)54)47(65)59-43(30-38-32-56-40-21-10-9-20-39(38)40)46(64)57-31-34-16-11-19-37(28-34)45(52)63/h3-11,14-21,28,32,36,41-43,56H,2,12-13,22-27,29-31H2,1H3,(H2,52,63)(H,57,64)(H,58,66)(H,59,65)(H,60,67)(H,61,62)(H4,53,54,55)/t36?,41-,42+,43-,51?/m0/s1. The predicted octanol–water partition coefficient (Wildman–Crippen LogP) is 3.89. The molecule has 6 amide bonds. The maximum absolute atomic E-state index is 14.7. The minimum Gasteiger partial charge on any atom is -0.370 e. The smallest absolute Gasteiger partial charge is 0.248 e. The summed E-state index contributed by atoms with van der Waals surface area (Å²) in [5, 5.41) is 15.6. The van der Waals surface area contributed by atoms with Crippen molar-refractivity contribution in [3.63, 3.8) is 0 Å². The van der Waals surface area contributed by atoms with E-state index in [1.165, 1.54) is 0 Å². The first-order valence-corrected chi connectivity index (χ1v) is 22.9. The van der Waals surface area contributed by atoms with Crippen molar-refractivity contribution in [3.8, 4) is 0 Å². The lowest BCUT2D eigenvalue weighted by molar-refractivity contribution is -0.138. The summed E-state index contributed by atoms with van der Waals surface area (Å²) < 4.78 is 0. The van der Waals surface area contributed by atoms with E-state index in [4.69, 9.17) is 17.2 Å². The molecule has 5 aromatic rings. The van der Waals surface area contributed by atoms with Crippen LogP contribution in [0, 0.1) is 0 Å². The van der Waals surface area contributed by atoms with Crippen molar-refractivity contribution in [1.82, 2.24) is 31.6 Å². The molecule has 1 aromatic heterocycles. The van der Waals surface area contributed by atoms with Crippen LogP contribution < -0.4 is 43.8 Å². The Morgan fingerprint density at radius 2 is 1.37 bits per heavy atom. The van der Waals surface area contributed by atoms with Crippen molar-refractivity contribution in [2.75, 3.05) is 6.54 Å². The van der Waals surface area contributed by atoms with Crippen LogP contribution in [0.3, 0.4) is 0 Å². The van der Waals surface area contributed by atoms with E-state index in [1.54, 1.807) is 30.5 Å². The normalized spacial score (nSPS) is 16.9. The molecule has 16 heteroatoms. The third-order valence-electron chi connectivity index (χ3n) is 12.3. The number of carbonyl (C=O) groups is 6. The van der Waals surface area contributed by atoms with Gasteiger partial charge in [-0.3, -0.25) is 33.8 Å². The second kappa shape index (κ2) is 23.6. The van der Waals surface area contributed by atoms with Gasteiger partial charge in [0.25, 0.3) is 0 Å². The van der Waals surface area contributed by atoms with Crippen LogP contribution in [0.25, 0.3) is 10.9 Å². The highest BCUT2D eigenvalue weighted by molar-refractivity contribution is 5.97. The highest BCUT2D eigenvalue weighted by atomic mass is 16.2. The molecule has 0 saturated heterocycles. The number of carbonyl (C=O) groups excluding carboxylic acids is 6. The Kier molecular flexibility index (Phi) is 17.3. The van der Waals surface area contributed by atoms with E-state index >= 15 is 0 Å². The van der Waals surface area contributed by atoms with Crippen molar-refractivity contribution in [1.29, 1.82) is 0 Å². The number of hydrogen-bond donors (Lipinski definition) is 9. The number of amides is 6. The zero-order valence-corrected chi connectivity index (χ0v) is 37.9. The SMILES string of the molecule is CCCC(=O)NC1(C(=O)N[C@H](Cc2ccccc2)C(=O)N[C@@H](CCCN=C(N)N)C(=O)N[C@@H](Cc2c[nH]c3ccccc23)C(=O)NCc2cccc(C(N)=O)c2)CCC(c2ccccc2)CC1. The molecule has 0 spiro atoms. The van der Waals surface area contributed by atoms with E-state index in [0.29, 0.717) is 37.7 Å². The number of rotatable bonds is 22. The molecular weight excluding hydrogens is 849 g/mol. The lowest BCUT2D eigenvalue weighted by Crippen LogP contribution is -2.64. The lowest BCUT2D eigenvalue weighted by atomic mass is 9.73. The molecule has 12 N–H and O–H groups in total. The number of guanidine groups is 1. The number of nitrogens with two attached hydrogens (primary N) is 3. The first kappa shape index (κ1) is 49.0. The average Bonchev–Trinajstić information content (AvgIpc) is 3.74. The second-order valence-corrected chi connectivity index (χ2v) is 17.2. The third-order valence-corrected chi connectivity index (χ3v) is 12.3. The van der Waals surface area contributed by atoms with Crippen molar-refractivity contribution in [3.05, 3.63) is 143 Å². The quantitative estimate of drug-likeness (QED) is 0.0279. The summed E-state index contributed by atoms with van der Waals surface area (Å²) in [6, 6.07) is 29.9. The molecule has 16 nitrogen and oxygen atoms in total. The van der Waals surface area contributed by atoms with Crippen LogP contribution >= 0.6 is 0 Å². The first-order valence-electron chi connectivity index (χ1n) is 22.9. The monoisotopic (exact) mass is 910 g/mol. The van der Waals surface area contributed by atoms with Crippen molar-refractivity contribution >= 4 is 52.3 Å². The Morgan fingerprint density at radius 3 is 2.07 bits per heavy atom. The fourth-order valence-electron chi connectivity index (χ4n) is 8.68. The summed E-state index contributed by atoms with van der Waals surface area (Å²) in [4.78, 5) is 90.4. The summed E-state index contributed by atoms with van der Waals surface area (Å²) in [6.45, 7) is 2.08. The summed E-state index contributed by atoms with van der Waals surface area (Å²) in [5.74, 6) is -3.08. The molecule has 0 bridgehead atoms. The number of nitrogens with one attached hydrogen (secondary N) is 6. The fraction of sp³-hybridized carbons (Fsp3) is 0.353. The van der Waals surface area contributed by atoms with Gasteiger partial charge < -0.3 is 48.8 Å². The zero-order valence-electron chi connectivity index (χ0n) is 37.9. The third kappa shape index (κ3) is 13.8. The van der Waals surface area contributed by atoms with Gasteiger partial charge >= 0.3 is 0 Å². The Labute approximate surface area is 390 Å². The molecule has 67 heavy (non-hydrogen) atoms. The Hall–Kier alpha value is -7.49. The number of benzene rings is 4. The van der Waals surface area contributed by atoms with Crippen molar-refractivity contribution < 1.29 is 28.8 Å². The van der Waals surface area contributed by atoms with E-state index in [-0.39, 0.29) is 68.5 Å². The molecule has 3 atom stereocenters. The summed E-state index contributed by atoms with van der Waals surface area (Å²) in [7, 11) is 0. The molecule has 1 aliphatic carbocycles. The molecule has 0 aliphatic heterocycles. The zero-order chi connectivity index (χ0) is 47.8. The first-order chi connectivity index (χ1) is 32.3. The van der Waals surface area contributed by atoms with E-state index in [9.17, 15) is 28.8 Å². The van der Waals surface area contributed by atoms with Gasteiger partial charge in [-0.15, -0.1) is 0 Å². The van der Waals surface area contributed by atoms with E-state index in [2.05, 4.69) is 48.7 Å². The number of primary amides is 1. The molecule has 1 fully saturated rings. The summed E-state index contributed by atoms with van der Waals surface area (Å²) >= 11 is 0. The van der Waals surface area contributed by atoms with E-state index in [1.807, 2.05) is 79.7 Å². The highest BCUT2D eigenvalue weighted by Gasteiger charge is 2.44. The maximum atomic E-state index is 14.7. The largest absolute Gasteiger partial charge is 0.370 e.